The van der Waals surface area contributed by atoms with Gasteiger partial charge in [0.05, 0.1) is 12.7 Å². The van der Waals surface area contributed by atoms with Crippen molar-refractivity contribution < 1.29 is 9.53 Å². The fraction of sp³-hybridized carbons (Fsp3) is 0.600. The lowest BCUT2D eigenvalue weighted by molar-refractivity contribution is 0.0600. The number of hydrogen-bond acceptors (Lipinski definition) is 4. The van der Waals surface area contributed by atoms with Crippen LogP contribution in [0, 0.1) is 5.92 Å². The fourth-order valence-corrected chi connectivity index (χ4v) is 2.09. The van der Waals surface area contributed by atoms with E-state index in [9.17, 15) is 4.79 Å². The molecule has 0 spiro atoms. The third-order valence-electron chi connectivity index (χ3n) is 3.40. The van der Waals surface area contributed by atoms with Crippen LogP contribution in [0.4, 0.5) is 5.82 Å². The molecule has 1 fully saturated rings. The van der Waals surface area contributed by atoms with Crippen molar-refractivity contribution in [2.45, 2.75) is 39.2 Å². The summed E-state index contributed by atoms with van der Waals surface area (Å²) in [5, 5.41) is 0. The Labute approximate surface area is 114 Å². The van der Waals surface area contributed by atoms with Crippen LogP contribution in [0.3, 0.4) is 0 Å². The van der Waals surface area contributed by atoms with E-state index >= 15 is 0 Å². The average molecular weight is 262 g/mol. The first-order valence-electron chi connectivity index (χ1n) is 6.93. The zero-order chi connectivity index (χ0) is 13.8. The van der Waals surface area contributed by atoms with Crippen LogP contribution >= 0.6 is 0 Å². The van der Waals surface area contributed by atoms with Crippen LogP contribution in [0.25, 0.3) is 0 Å². The number of carbonyl (C=O) groups excluding carboxylic acids is 1. The van der Waals surface area contributed by atoms with E-state index in [0.717, 1.165) is 18.8 Å². The Bertz CT molecular complexity index is 442. The molecule has 0 aliphatic heterocycles. The molecule has 1 aromatic heterocycles. The first-order chi connectivity index (χ1) is 9.11. The molecule has 1 saturated carbocycles. The van der Waals surface area contributed by atoms with Gasteiger partial charge in [-0.2, -0.15) is 0 Å². The summed E-state index contributed by atoms with van der Waals surface area (Å²) < 4.78 is 4.76. The number of anilines is 1. The minimum atomic E-state index is -0.303. The van der Waals surface area contributed by atoms with E-state index in [1.54, 1.807) is 12.3 Å². The predicted octanol–water partition coefficient (Wildman–Crippen LogP) is 2.88. The highest BCUT2D eigenvalue weighted by molar-refractivity contribution is 5.90. The molecule has 4 nitrogen and oxygen atoms in total. The molecule has 0 unspecified atom stereocenters. The molecule has 4 heteroatoms. The maximum absolute atomic E-state index is 11.6. The van der Waals surface area contributed by atoms with Crippen LogP contribution in [0.5, 0.6) is 0 Å². The molecule has 1 aromatic rings. The maximum Gasteiger partial charge on any atom is 0.338 e. The molecule has 1 aliphatic carbocycles. The lowest BCUT2D eigenvalue weighted by Gasteiger charge is -2.24. The first-order valence-corrected chi connectivity index (χ1v) is 6.93. The summed E-state index contributed by atoms with van der Waals surface area (Å²) in [5.74, 6) is 1.26. The lowest BCUT2D eigenvalue weighted by Crippen LogP contribution is -2.28. The maximum atomic E-state index is 11.6. The minimum absolute atomic E-state index is 0.303. The SMILES string of the molecule is COC(=O)c1ccnc(N(CCC(C)C)C2CC2)c1. The van der Waals surface area contributed by atoms with Crippen LogP contribution in [0.15, 0.2) is 18.3 Å². The highest BCUT2D eigenvalue weighted by Gasteiger charge is 2.30. The second-order valence-electron chi connectivity index (χ2n) is 5.50. The number of hydrogen-bond donors (Lipinski definition) is 0. The van der Waals surface area contributed by atoms with Crippen LogP contribution in [-0.2, 0) is 4.74 Å². The Morgan fingerprint density at radius 2 is 2.26 bits per heavy atom. The van der Waals surface area contributed by atoms with E-state index in [1.807, 2.05) is 6.07 Å². The number of pyridine rings is 1. The molecule has 0 aromatic carbocycles. The molecule has 0 atom stereocenters. The molecular weight excluding hydrogens is 240 g/mol. The van der Waals surface area contributed by atoms with Gasteiger partial charge in [-0.1, -0.05) is 13.8 Å². The van der Waals surface area contributed by atoms with Crippen LogP contribution in [0.1, 0.15) is 43.5 Å². The van der Waals surface area contributed by atoms with Crippen molar-refractivity contribution in [3.63, 3.8) is 0 Å². The molecule has 2 rings (SSSR count). The molecular formula is C15H22N2O2. The second kappa shape index (κ2) is 6.04. The number of nitrogens with zero attached hydrogens (tertiary/aromatic N) is 2. The molecule has 1 heterocycles. The van der Waals surface area contributed by atoms with E-state index in [2.05, 4.69) is 23.7 Å². The molecule has 104 valence electrons. The molecule has 0 radical (unpaired) electrons. The Kier molecular flexibility index (Phi) is 4.40. The summed E-state index contributed by atoms with van der Waals surface area (Å²) in [6.07, 6.45) is 5.28. The van der Waals surface area contributed by atoms with Crippen LogP contribution in [-0.4, -0.2) is 30.6 Å². The van der Waals surface area contributed by atoms with Gasteiger partial charge in [0.15, 0.2) is 0 Å². The van der Waals surface area contributed by atoms with Gasteiger partial charge in [0, 0.05) is 18.8 Å². The fourth-order valence-electron chi connectivity index (χ4n) is 2.09. The van der Waals surface area contributed by atoms with Crippen molar-refractivity contribution in [2.75, 3.05) is 18.6 Å². The largest absolute Gasteiger partial charge is 0.465 e. The predicted molar refractivity (Wildman–Crippen MR) is 75.4 cm³/mol. The third kappa shape index (κ3) is 3.69. The van der Waals surface area contributed by atoms with Gasteiger partial charge in [-0.05, 0) is 37.3 Å². The van der Waals surface area contributed by atoms with Gasteiger partial charge in [-0.3, -0.25) is 0 Å². The van der Waals surface area contributed by atoms with E-state index in [1.165, 1.54) is 20.0 Å². The summed E-state index contributed by atoms with van der Waals surface area (Å²) in [6.45, 7) is 5.45. The summed E-state index contributed by atoms with van der Waals surface area (Å²) in [7, 11) is 1.40. The zero-order valence-electron chi connectivity index (χ0n) is 11.9. The number of esters is 1. The smallest absolute Gasteiger partial charge is 0.338 e. The molecule has 0 amide bonds. The van der Waals surface area contributed by atoms with Gasteiger partial charge >= 0.3 is 5.97 Å². The van der Waals surface area contributed by atoms with Gasteiger partial charge in [0.1, 0.15) is 5.82 Å². The Hall–Kier alpha value is -1.58. The second-order valence-corrected chi connectivity index (χ2v) is 5.50. The Morgan fingerprint density at radius 3 is 2.84 bits per heavy atom. The molecule has 0 saturated heterocycles. The van der Waals surface area contributed by atoms with E-state index < -0.39 is 0 Å². The Balaban J connectivity index is 2.14. The number of methoxy groups -OCH3 is 1. The number of carbonyl (C=O) groups is 1. The van der Waals surface area contributed by atoms with Crippen molar-refractivity contribution in [3.8, 4) is 0 Å². The van der Waals surface area contributed by atoms with E-state index in [0.29, 0.717) is 17.5 Å². The van der Waals surface area contributed by atoms with Crippen LogP contribution in [0.2, 0.25) is 0 Å². The summed E-state index contributed by atoms with van der Waals surface area (Å²) in [5.41, 5.74) is 0.572. The number of aromatic nitrogens is 1. The molecule has 0 N–H and O–H groups in total. The van der Waals surface area contributed by atoms with Gasteiger partial charge in [-0.15, -0.1) is 0 Å². The average Bonchev–Trinajstić information content (AvgIpc) is 3.23. The topological polar surface area (TPSA) is 42.4 Å². The summed E-state index contributed by atoms with van der Waals surface area (Å²) in [6, 6.07) is 4.13. The first kappa shape index (κ1) is 13.8. The summed E-state index contributed by atoms with van der Waals surface area (Å²) >= 11 is 0. The van der Waals surface area contributed by atoms with Crippen molar-refractivity contribution in [1.82, 2.24) is 4.98 Å². The van der Waals surface area contributed by atoms with Gasteiger partial charge < -0.3 is 9.64 Å². The molecule has 1 aliphatic rings. The van der Waals surface area contributed by atoms with Gasteiger partial charge in [0.2, 0.25) is 0 Å². The highest BCUT2D eigenvalue weighted by Crippen LogP contribution is 2.31. The normalized spacial score (nSPS) is 14.5. The lowest BCUT2D eigenvalue weighted by atomic mass is 10.1. The van der Waals surface area contributed by atoms with Crippen LogP contribution < -0.4 is 4.90 Å². The quantitative estimate of drug-likeness (QED) is 0.739. The minimum Gasteiger partial charge on any atom is -0.465 e. The number of ether oxygens (including phenoxy) is 1. The monoisotopic (exact) mass is 262 g/mol. The molecule has 19 heavy (non-hydrogen) atoms. The van der Waals surface area contributed by atoms with Gasteiger partial charge in [0.25, 0.3) is 0 Å². The Morgan fingerprint density at radius 1 is 1.53 bits per heavy atom. The van der Waals surface area contributed by atoms with Crippen molar-refractivity contribution >= 4 is 11.8 Å². The molecule has 0 bridgehead atoms. The van der Waals surface area contributed by atoms with Gasteiger partial charge in [-0.25, -0.2) is 9.78 Å². The highest BCUT2D eigenvalue weighted by atomic mass is 16.5. The van der Waals surface area contributed by atoms with E-state index in [4.69, 9.17) is 4.74 Å². The summed E-state index contributed by atoms with van der Waals surface area (Å²) in [4.78, 5) is 18.3. The van der Waals surface area contributed by atoms with E-state index in [-0.39, 0.29) is 5.97 Å². The van der Waals surface area contributed by atoms with Crippen molar-refractivity contribution in [1.29, 1.82) is 0 Å². The third-order valence-corrected chi connectivity index (χ3v) is 3.40. The van der Waals surface area contributed by atoms with Crippen molar-refractivity contribution in [2.24, 2.45) is 5.92 Å². The standard InChI is InChI=1S/C15H22N2O2/c1-11(2)7-9-17(13-4-5-13)14-10-12(6-8-16-14)15(18)19-3/h6,8,10-11,13H,4-5,7,9H2,1-3H3. The zero-order valence-corrected chi connectivity index (χ0v) is 11.9. The number of rotatable bonds is 6. The van der Waals surface area contributed by atoms with Crippen molar-refractivity contribution in [3.05, 3.63) is 23.9 Å².